The van der Waals surface area contributed by atoms with Crippen molar-refractivity contribution in [2.24, 2.45) is 0 Å². The van der Waals surface area contributed by atoms with Gasteiger partial charge in [-0.15, -0.1) is 0 Å². The summed E-state index contributed by atoms with van der Waals surface area (Å²) < 4.78 is 10.9. The quantitative estimate of drug-likeness (QED) is 0.749. The van der Waals surface area contributed by atoms with Crippen LogP contribution < -0.4 is 9.47 Å². The maximum Gasteiger partial charge on any atom is 0.231 e. The van der Waals surface area contributed by atoms with Crippen LogP contribution in [0.25, 0.3) is 0 Å². The SMILES string of the molecule is C=C(C)CN(C)C(=O)C[C@H](c1ccccc1)c1ccc2c(c1)OCO2. The van der Waals surface area contributed by atoms with Gasteiger partial charge in [0.25, 0.3) is 0 Å². The van der Waals surface area contributed by atoms with Crippen LogP contribution in [0.15, 0.2) is 60.7 Å². The molecule has 0 N–H and O–H groups in total. The number of ether oxygens (including phenoxy) is 2. The fourth-order valence-electron chi connectivity index (χ4n) is 3.07. The fraction of sp³-hybridized carbons (Fsp3) is 0.286. The summed E-state index contributed by atoms with van der Waals surface area (Å²) in [6.07, 6.45) is 0.396. The molecule has 4 heteroatoms. The zero-order valence-corrected chi connectivity index (χ0v) is 14.7. The summed E-state index contributed by atoms with van der Waals surface area (Å²) in [6.45, 7) is 6.63. The average molecular weight is 337 g/mol. The summed E-state index contributed by atoms with van der Waals surface area (Å²) in [7, 11) is 1.82. The van der Waals surface area contributed by atoms with Crippen molar-refractivity contribution in [3.63, 3.8) is 0 Å². The van der Waals surface area contributed by atoms with Crippen LogP contribution in [0, 0.1) is 0 Å². The molecule has 25 heavy (non-hydrogen) atoms. The van der Waals surface area contributed by atoms with Gasteiger partial charge in [0.15, 0.2) is 11.5 Å². The van der Waals surface area contributed by atoms with Gasteiger partial charge in [0.05, 0.1) is 0 Å². The molecule has 0 saturated carbocycles. The zero-order valence-electron chi connectivity index (χ0n) is 14.7. The van der Waals surface area contributed by atoms with Crippen LogP contribution >= 0.6 is 0 Å². The third-order valence-corrected chi connectivity index (χ3v) is 4.31. The van der Waals surface area contributed by atoms with Crippen molar-refractivity contribution in [1.82, 2.24) is 4.90 Å². The van der Waals surface area contributed by atoms with Crippen molar-refractivity contribution in [3.05, 3.63) is 71.8 Å². The van der Waals surface area contributed by atoms with E-state index in [-0.39, 0.29) is 18.6 Å². The van der Waals surface area contributed by atoms with E-state index in [1.807, 2.05) is 50.4 Å². The number of fused-ring (bicyclic) bond motifs is 1. The lowest BCUT2D eigenvalue weighted by Gasteiger charge is -2.23. The van der Waals surface area contributed by atoms with Gasteiger partial charge in [-0.2, -0.15) is 0 Å². The van der Waals surface area contributed by atoms with Crippen LogP contribution in [-0.2, 0) is 4.79 Å². The zero-order chi connectivity index (χ0) is 17.8. The van der Waals surface area contributed by atoms with Crippen LogP contribution in [0.2, 0.25) is 0 Å². The predicted octanol–water partition coefficient (Wildman–Crippen LogP) is 3.97. The first kappa shape index (κ1) is 17.1. The van der Waals surface area contributed by atoms with E-state index >= 15 is 0 Å². The van der Waals surface area contributed by atoms with E-state index in [1.54, 1.807) is 4.90 Å². The number of hydrogen-bond donors (Lipinski definition) is 0. The van der Waals surface area contributed by atoms with E-state index in [0.29, 0.717) is 13.0 Å². The van der Waals surface area contributed by atoms with Crippen LogP contribution in [0.5, 0.6) is 11.5 Å². The average Bonchev–Trinajstić information content (AvgIpc) is 3.07. The largest absolute Gasteiger partial charge is 0.454 e. The molecule has 0 unspecified atom stereocenters. The molecule has 0 aromatic heterocycles. The van der Waals surface area contributed by atoms with Gasteiger partial charge in [0.2, 0.25) is 12.7 Å². The monoisotopic (exact) mass is 337 g/mol. The molecule has 1 amide bonds. The number of rotatable bonds is 6. The highest BCUT2D eigenvalue weighted by Crippen LogP contribution is 2.37. The van der Waals surface area contributed by atoms with Crippen molar-refractivity contribution >= 4 is 5.91 Å². The molecule has 2 aromatic rings. The molecule has 1 atom stereocenters. The smallest absolute Gasteiger partial charge is 0.231 e. The Morgan fingerprint density at radius 2 is 1.84 bits per heavy atom. The normalized spacial score (nSPS) is 13.4. The second-order valence-corrected chi connectivity index (χ2v) is 6.49. The Balaban J connectivity index is 1.88. The van der Waals surface area contributed by atoms with Crippen LogP contribution in [0.4, 0.5) is 0 Å². The highest BCUT2D eigenvalue weighted by atomic mass is 16.7. The van der Waals surface area contributed by atoms with Gasteiger partial charge >= 0.3 is 0 Å². The molecular formula is C21H23NO3. The first-order chi connectivity index (χ1) is 12.0. The number of carbonyl (C=O) groups is 1. The van der Waals surface area contributed by atoms with Crippen molar-refractivity contribution in [1.29, 1.82) is 0 Å². The maximum absolute atomic E-state index is 12.7. The van der Waals surface area contributed by atoms with Gasteiger partial charge in [0.1, 0.15) is 0 Å². The van der Waals surface area contributed by atoms with Crippen molar-refractivity contribution < 1.29 is 14.3 Å². The number of hydrogen-bond acceptors (Lipinski definition) is 3. The van der Waals surface area contributed by atoms with E-state index in [1.165, 1.54) is 0 Å². The molecule has 0 saturated heterocycles. The standard InChI is InChI=1S/C21H23NO3/c1-15(2)13-22(3)21(23)12-18(16-7-5-4-6-8-16)17-9-10-19-20(11-17)25-14-24-19/h4-11,18H,1,12-14H2,2-3H3/t18-/m1/s1. The Labute approximate surface area is 148 Å². The van der Waals surface area contributed by atoms with Gasteiger partial charge in [-0.25, -0.2) is 0 Å². The molecule has 1 aliphatic heterocycles. The number of amides is 1. The highest BCUT2D eigenvalue weighted by Gasteiger charge is 2.23. The Morgan fingerprint density at radius 3 is 2.56 bits per heavy atom. The van der Waals surface area contributed by atoms with Gasteiger partial charge in [-0.05, 0) is 30.2 Å². The Hall–Kier alpha value is -2.75. The van der Waals surface area contributed by atoms with E-state index < -0.39 is 0 Å². The fourth-order valence-corrected chi connectivity index (χ4v) is 3.07. The minimum Gasteiger partial charge on any atom is -0.454 e. The minimum atomic E-state index is -0.0317. The lowest BCUT2D eigenvalue weighted by molar-refractivity contribution is -0.129. The third-order valence-electron chi connectivity index (χ3n) is 4.31. The maximum atomic E-state index is 12.7. The molecule has 0 aliphatic carbocycles. The molecule has 0 radical (unpaired) electrons. The molecule has 0 spiro atoms. The first-order valence-electron chi connectivity index (χ1n) is 8.37. The van der Waals surface area contributed by atoms with Crippen LogP contribution in [0.3, 0.4) is 0 Å². The molecule has 1 aliphatic rings. The number of likely N-dealkylation sites (N-methyl/N-ethyl adjacent to an activating group) is 1. The molecule has 0 fully saturated rings. The van der Waals surface area contributed by atoms with E-state index in [4.69, 9.17) is 9.47 Å². The van der Waals surface area contributed by atoms with Crippen LogP contribution in [-0.4, -0.2) is 31.2 Å². The van der Waals surface area contributed by atoms with E-state index in [9.17, 15) is 4.79 Å². The second kappa shape index (κ2) is 7.43. The van der Waals surface area contributed by atoms with E-state index in [0.717, 1.165) is 28.2 Å². The summed E-state index contributed by atoms with van der Waals surface area (Å²) in [5.74, 6) is 1.55. The predicted molar refractivity (Wildman–Crippen MR) is 97.9 cm³/mol. The molecule has 1 heterocycles. The molecule has 3 rings (SSSR count). The molecule has 2 aromatic carbocycles. The summed E-state index contributed by atoms with van der Waals surface area (Å²) >= 11 is 0. The molecular weight excluding hydrogens is 314 g/mol. The van der Waals surface area contributed by atoms with Crippen molar-refractivity contribution in [3.8, 4) is 11.5 Å². The number of carbonyl (C=O) groups excluding carboxylic acids is 1. The summed E-state index contributed by atoms with van der Waals surface area (Å²) in [5, 5.41) is 0. The first-order valence-corrected chi connectivity index (χ1v) is 8.37. The number of benzene rings is 2. The molecule has 0 bridgehead atoms. The third kappa shape index (κ3) is 4.02. The van der Waals surface area contributed by atoms with Gasteiger partial charge in [-0.3, -0.25) is 4.79 Å². The van der Waals surface area contributed by atoms with Gasteiger partial charge < -0.3 is 14.4 Å². The number of nitrogens with zero attached hydrogens (tertiary/aromatic N) is 1. The minimum absolute atomic E-state index is 0.0317. The Bertz CT molecular complexity index is 770. The summed E-state index contributed by atoms with van der Waals surface area (Å²) in [4.78, 5) is 14.4. The lowest BCUT2D eigenvalue weighted by atomic mass is 9.88. The summed E-state index contributed by atoms with van der Waals surface area (Å²) in [5.41, 5.74) is 3.13. The Morgan fingerprint density at radius 1 is 1.12 bits per heavy atom. The van der Waals surface area contributed by atoms with Crippen molar-refractivity contribution in [2.75, 3.05) is 20.4 Å². The molecule has 4 nitrogen and oxygen atoms in total. The van der Waals surface area contributed by atoms with Gasteiger partial charge in [0, 0.05) is 25.9 Å². The highest BCUT2D eigenvalue weighted by molar-refractivity contribution is 5.78. The summed E-state index contributed by atoms with van der Waals surface area (Å²) in [6, 6.07) is 16.0. The Kier molecular flexibility index (Phi) is 5.08. The van der Waals surface area contributed by atoms with E-state index in [2.05, 4.69) is 18.7 Å². The second-order valence-electron chi connectivity index (χ2n) is 6.49. The van der Waals surface area contributed by atoms with Gasteiger partial charge in [-0.1, -0.05) is 48.6 Å². The molecule has 130 valence electrons. The topological polar surface area (TPSA) is 38.8 Å². The van der Waals surface area contributed by atoms with Crippen molar-refractivity contribution in [2.45, 2.75) is 19.3 Å². The lowest BCUT2D eigenvalue weighted by Crippen LogP contribution is -2.29. The van der Waals surface area contributed by atoms with Crippen LogP contribution in [0.1, 0.15) is 30.4 Å².